The summed E-state index contributed by atoms with van der Waals surface area (Å²) in [4.78, 5) is 11.9. The Hall–Kier alpha value is -2.15. The molecule has 0 radical (unpaired) electrons. The van der Waals surface area contributed by atoms with E-state index in [1.54, 1.807) is 4.57 Å². The maximum atomic E-state index is 12.5. The Balaban J connectivity index is 1.92. The monoisotopic (exact) mass is 312 g/mol. The van der Waals surface area contributed by atoms with E-state index in [2.05, 4.69) is 15.0 Å². The molecule has 2 heterocycles. The number of hydrogen-bond acceptors (Lipinski definition) is 3. The molecule has 21 heavy (non-hydrogen) atoms. The van der Waals surface area contributed by atoms with Gasteiger partial charge in [-0.15, -0.1) is 0 Å². The Morgan fingerprint density at radius 2 is 1.76 bits per heavy atom. The maximum Gasteiger partial charge on any atom is 0.416 e. The van der Waals surface area contributed by atoms with Crippen molar-refractivity contribution >= 4 is 22.8 Å². The average Bonchev–Trinajstić information content (AvgIpc) is 2.83. The highest BCUT2D eigenvalue weighted by molar-refractivity contribution is 6.33. The second-order valence-corrected chi connectivity index (χ2v) is 4.76. The van der Waals surface area contributed by atoms with E-state index in [0.717, 1.165) is 12.1 Å². The lowest BCUT2D eigenvalue weighted by molar-refractivity contribution is -0.137. The molecule has 0 spiro atoms. The highest BCUT2D eigenvalue weighted by Crippen LogP contribution is 2.29. The number of fused-ring (bicyclic) bond motifs is 1. The van der Waals surface area contributed by atoms with Crippen molar-refractivity contribution in [2.45, 2.75) is 12.7 Å². The number of nitrogens with zero attached hydrogens (tertiary/aromatic N) is 4. The van der Waals surface area contributed by atoms with Crippen molar-refractivity contribution in [1.82, 2.24) is 19.5 Å². The van der Waals surface area contributed by atoms with Gasteiger partial charge in [0.25, 0.3) is 0 Å². The number of rotatable bonds is 2. The summed E-state index contributed by atoms with van der Waals surface area (Å²) < 4.78 is 39.2. The van der Waals surface area contributed by atoms with Gasteiger partial charge in [0.05, 0.1) is 11.9 Å². The Bertz CT molecular complexity index is 780. The van der Waals surface area contributed by atoms with Crippen LogP contribution in [0.1, 0.15) is 11.1 Å². The standard InChI is InChI=1S/C13H8ClF3N4/c14-11-10-12(19-6-18-11)20-7-21(10)5-8-1-3-9(4-2-8)13(15,16)17/h1-4,6-7H,5H2. The summed E-state index contributed by atoms with van der Waals surface area (Å²) in [5.41, 5.74) is 1.02. The van der Waals surface area contributed by atoms with Crippen LogP contribution in [0.5, 0.6) is 0 Å². The number of aromatic nitrogens is 4. The van der Waals surface area contributed by atoms with Crippen molar-refractivity contribution in [2.75, 3.05) is 0 Å². The van der Waals surface area contributed by atoms with Crippen LogP contribution >= 0.6 is 11.6 Å². The third-order valence-electron chi connectivity index (χ3n) is 3.00. The first kappa shape index (κ1) is 13.8. The zero-order chi connectivity index (χ0) is 15.0. The first-order chi connectivity index (χ1) is 9.95. The van der Waals surface area contributed by atoms with Gasteiger partial charge in [-0.3, -0.25) is 0 Å². The zero-order valence-corrected chi connectivity index (χ0v) is 11.2. The average molecular weight is 313 g/mol. The molecule has 0 atom stereocenters. The molecule has 0 unspecified atom stereocenters. The Kier molecular flexibility index (Phi) is 3.29. The number of hydrogen-bond donors (Lipinski definition) is 0. The lowest BCUT2D eigenvalue weighted by Gasteiger charge is -2.08. The third kappa shape index (κ3) is 2.69. The Morgan fingerprint density at radius 3 is 2.43 bits per heavy atom. The minimum Gasteiger partial charge on any atom is -0.322 e. The van der Waals surface area contributed by atoms with Crippen molar-refractivity contribution < 1.29 is 13.2 Å². The molecule has 0 fully saturated rings. The molecule has 1 aromatic carbocycles. The summed E-state index contributed by atoms with van der Waals surface area (Å²) >= 11 is 5.99. The highest BCUT2D eigenvalue weighted by Gasteiger charge is 2.29. The lowest BCUT2D eigenvalue weighted by Crippen LogP contribution is -2.05. The molecular formula is C13H8ClF3N4. The number of benzene rings is 1. The number of alkyl halides is 3. The SMILES string of the molecule is FC(F)(F)c1ccc(Cn2cnc3ncnc(Cl)c32)cc1. The molecule has 0 N–H and O–H groups in total. The van der Waals surface area contributed by atoms with E-state index in [-0.39, 0.29) is 5.15 Å². The first-order valence-electron chi connectivity index (χ1n) is 5.92. The van der Waals surface area contributed by atoms with E-state index in [9.17, 15) is 13.2 Å². The predicted molar refractivity (Wildman–Crippen MR) is 70.9 cm³/mol. The predicted octanol–water partition coefficient (Wildman–Crippen LogP) is 3.55. The molecular weight excluding hydrogens is 305 g/mol. The fourth-order valence-electron chi connectivity index (χ4n) is 1.99. The van der Waals surface area contributed by atoms with Crippen LogP contribution in [-0.4, -0.2) is 19.5 Å². The molecule has 0 aliphatic rings. The van der Waals surface area contributed by atoms with Crippen molar-refractivity contribution in [3.05, 3.63) is 53.2 Å². The van der Waals surface area contributed by atoms with Gasteiger partial charge in [-0.25, -0.2) is 15.0 Å². The summed E-state index contributed by atoms with van der Waals surface area (Å²) in [5, 5.41) is 0.254. The Labute approximate surface area is 122 Å². The summed E-state index contributed by atoms with van der Waals surface area (Å²) in [5.74, 6) is 0. The molecule has 0 bridgehead atoms. The number of halogens is 4. The molecule has 0 saturated heterocycles. The fraction of sp³-hybridized carbons (Fsp3) is 0.154. The van der Waals surface area contributed by atoms with Gasteiger partial charge in [0, 0.05) is 6.54 Å². The van der Waals surface area contributed by atoms with Crippen LogP contribution < -0.4 is 0 Å². The van der Waals surface area contributed by atoms with Gasteiger partial charge in [-0.05, 0) is 17.7 Å². The van der Waals surface area contributed by atoms with E-state index in [1.165, 1.54) is 24.8 Å². The normalized spacial score (nSPS) is 12.0. The summed E-state index contributed by atoms with van der Waals surface area (Å²) in [6.07, 6.45) is -1.50. The van der Waals surface area contributed by atoms with Gasteiger partial charge in [0.15, 0.2) is 10.8 Å². The molecule has 3 aromatic rings. The van der Waals surface area contributed by atoms with Gasteiger partial charge in [-0.2, -0.15) is 13.2 Å². The topological polar surface area (TPSA) is 43.6 Å². The summed E-state index contributed by atoms with van der Waals surface area (Å²) in [7, 11) is 0. The van der Waals surface area contributed by atoms with Crippen LogP contribution in [0.25, 0.3) is 11.2 Å². The number of imidazole rings is 1. The largest absolute Gasteiger partial charge is 0.416 e. The van der Waals surface area contributed by atoms with Crippen LogP contribution in [0.15, 0.2) is 36.9 Å². The zero-order valence-electron chi connectivity index (χ0n) is 10.5. The fourth-order valence-corrected chi connectivity index (χ4v) is 2.22. The molecule has 4 nitrogen and oxygen atoms in total. The molecule has 2 aromatic heterocycles. The van der Waals surface area contributed by atoms with Crippen molar-refractivity contribution in [2.24, 2.45) is 0 Å². The Morgan fingerprint density at radius 1 is 1.05 bits per heavy atom. The van der Waals surface area contributed by atoms with Gasteiger partial charge in [-0.1, -0.05) is 23.7 Å². The van der Waals surface area contributed by atoms with E-state index in [1.807, 2.05) is 0 Å². The molecule has 8 heteroatoms. The van der Waals surface area contributed by atoms with Crippen molar-refractivity contribution in [3.63, 3.8) is 0 Å². The van der Waals surface area contributed by atoms with Crippen LogP contribution in [0.3, 0.4) is 0 Å². The molecule has 108 valence electrons. The van der Waals surface area contributed by atoms with Gasteiger partial charge < -0.3 is 4.57 Å². The van der Waals surface area contributed by atoms with Crippen molar-refractivity contribution in [1.29, 1.82) is 0 Å². The van der Waals surface area contributed by atoms with Crippen LogP contribution in [0.2, 0.25) is 5.15 Å². The molecule has 0 saturated carbocycles. The highest BCUT2D eigenvalue weighted by atomic mass is 35.5. The lowest BCUT2D eigenvalue weighted by atomic mass is 10.1. The van der Waals surface area contributed by atoms with E-state index < -0.39 is 11.7 Å². The first-order valence-corrected chi connectivity index (χ1v) is 6.30. The third-order valence-corrected chi connectivity index (χ3v) is 3.28. The molecule has 0 aliphatic heterocycles. The smallest absolute Gasteiger partial charge is 0.322 e. The van der Waals surface area contributed by atoms with Crippen molar-refractivity contribution in [3.8, 4) is 0 Å². The summed E-state index contributed by atoms with van der Waals surface area (Å²) in [6.45, 7) is 0.335. The molecule has 3 rings (SSSR count). The van der Waals surface area contributed by atoms with Crippen LogP contribution in [0.4, 0.5) is 13.2 Å². The van der Waals surface area contributed by atoms with Gasteiger partial charge >= 0.3 is 6.18 Å². The molecule has 0 aliphatic carbocycles. The molecule has 0 amide bonds. The quantitative estimate of drug-likeness (QED) is 0.680. The van der Waals surface area contributed by atoms with E-state index >= 15 is 0 Å². The van der Waals surface area contributed by atoms with Gasteiger partial charge in [0.1, 0.15) is 11.8 Å². The summed E-state index contributed by atoms with van der Waals surface area (Å²) in [6, 6.07) is 4.94. The second-order valence-electron chi connectivity index (χ2n) is 4.40. The van der Waals surface area contributed by atoms with Crippen LogP contribution in [0, 0.1) is 0 Å². The van der Waals surface area contributed by atoms with Crippen LogP contribution in [-0.2, 0) is 12.7 Å². The minimum atomic E-state index is -4.34. The minimum absolute atomic E-state index is 0.254. The maximum absolute atomic E-state index is 12.5. The van der Waals surface area contributed by atoms with Gasteiger partial charge in [0.2, 0.25) is 0 Å². The van der Waals surface area contributed by atoms with E-state index in [4.69, 9.17) is 11.6 Å². The van der Waals surface area contributed by atoms with E-state index in [0.29, 0.717) is 23.3 Å². The second kappa shape index (κ2) is 5.00.